The fraction of sp³-hybridized carbons (Fsp3) is 0.417. The van der Waals surface area contributed by atoms with E-state index in [-0.39, 0.29) is 17.4 Å². The van der Waals surface area contributed by atoms with Gasteiger partial charge in [0.05, 0.1) is 0 Å². The summed E-state index contributed by atoms with van der Waals surface area (Å²) in [5.74, 6) is -0.887. The van der Waals surface area contributed by atoms with E-state index < -0.39 is 12.1 Å². The van der Waals surface area contributed by atoms with Crippen molar-refractivity contribution in [1.82, 2.24) is 10.2 Å². The van der Waals surface area contributed by atoms with E-state index in [9.17, 15) is 20.1 Å². The van der Waals surface area contributed by atoms with Crippen LogP contribution in [0.1, 0.15) is 11.7 Å². The minimum absolute atomic E-state index is 0.272. The molecule has 1 amide bonds. The Morgan fingerprint density at radius 2 is 1.89 bits per heavy atom. The number of amides is 1. The number of likely N-dealkylation sites (N-methyl/N-ethyl adjacent to an activating group) is 2. The van der Waals surface area contributed by atoms with E-state index in [0.29, 0.717) is 5.56 Å². The third-order valence-corrected chi connectivity index (χ3v) is 2.67. The summed E-state index contributed by atoms with van der Waals surface area (Å²) in [7, 11) is 4.75. The number of nitrogens with zero attached hydrogens (tertiary/aromatic N) is 1. The summed E-state index contributed by atoms with van der Waals surface area (Å²) >= 11 is 0. The largest absolute Gasteiger partial charge is 0.504 e. The maximum Gasteiger partial charge on any atom is 0.242 e. The monoisotopic (exact) mass is 254 g/mol. The number of aliphatic hydroxyl groups excluding tert-OH is 1. The number of aromatic hydroxyl groups is 2. The standard InChI is InChI=1S/C12H18N2O4/c1-13-10(12(18)14(2)3)11(17)7-4-5-8(15)9(16)6-7/h4-6,10-11,13,15-17H,1-3H3/t10-,11+/m0/s1. The Morgan fingerprint density at radius 1 is 1.28 bits per heavy atom. The molecule has 0 aliphatic carbocycles. The lowest BCUT2D eigenvalue weighted by atomic mass is 10.0. The molecule has 0 fully saturated rings. The third-order valence-electron chi connectivity index (χ3n) is 2.67. The number of phenolic OH excluding ortho intramolecular Hbond substituents is 2. The fourth-order valence-corrected chi connectivity index (χ4v) is 1.61. The molecule has 2 atom stereocenters. The summed E-state index contributed by atoms with van der Waals surface area (Å²) in [5, 5.41) is 31.4. The summed E-state index contributed by atoms with van der Waals surface area (Å²) in [6, 6.07) is 3.13. The number of carbonyl (C=O) groups is 1. The van der Waals surface area contributed by atoms with Gasteiger partial charge >= 0.3 is 0 Å². The van der Waals surface area contributed by atoms with Crippen molar-refractivity contribution in [2.45, 2.75) is 12.1 Å². The molecule has 0 heterocycles. The lowest BCUT2D eigenvalue weighted by molar-refractivity contribution is -0.133. The molecule has 18 heavy (non-hydrogen) atoms. The Hall–Kier alpha value is -1.79. The molecule has 6 heteroatoms. The second-order valence-electron chi connectivity index (χ2n) is 4.19. The first-order valence-corrected chi connectivity index (χ1v) is 5.46. The normalized spacial score (nSPS) is 14.0. The quantitative estimate of drug-likeness (QED) is 0.559. The molecule has 1 rings (SSSR count). The highest BCUT2D eigenvalue weighted by atomic mass is 16.3. The molecule has 0 bridgehead atoms. The fourth-order valence-electron chi connectivity index (χ4n) is 1.61. The van der Waals surface area contributed by atoms with Gasteiger partial charge in [0, 0.05) is 14.1 Å². The Kier molecular flexibility index (Phi) is 4.52. The van der Waals surface area contributed by atoms with Gasteiger partial charge in [-0.15, -0.1) is 0 Å². The Balaban J connectivity index is 2.99. The molecule has 0 aliphatic heterocycles. The van der Waals surface area contributed by atoms with Gasteiger partial charge in [-0.3, -0.25) is 4.79 Å². The molecular formula is C12H18N2O4. The topological polar surface area (TPSA) is 93.0 Å². The van der Waals surface area contributed by atoms with Gasteiger partial charge in [0.2, 0.25) is 5.91 Å². The first-order chi connectivity index (χ1) is 8.38. The van der Waals surface area contributed by atoms with Crippen LogP contribution < -0.4 is 5.32 Å². The van der Waals surface area contributed by atoms with Crippen LogP contribution in [0.15, 0.2) is 18.2 Å². The predicted octanol–water partition coefficient (Wildman–Crippen LogP) is -0.193. The zero-order valence-electron chi connectivity index (χ0n) is 10.6. The Morgan fingerprint density at radius 3 is 2.33 bits per heavy atom. The van der Waals surface area contributed by atoms with Gasteiger partial charge < -0.3 is 25.5 Å². The highest BCUT2D eigenvalue weighted by Crippen LogP contribution is 2.29. The van der Waals surface area contributed by atoms with Gasteiger partial charge in [0.1, 0.15) is 12.1 Å². The summed E-state index contributed by atoms with van der Waals surface area (Å²) in [5.41, 5.74) is 0.347. The summed E-state index contributed by atoms with van der Waals surface area (Å²) in [6.07, 6.45) is -1.11. The van der Waals surface area contributed by atoms with Crippen LogP contribution in [0.2, 0.25) is 0 Å². The van der Waals surface area contributed by atoms with Crippen molar-refractivity contribution in [2.75, 3.05) is 21.1 Å². The van der Waals surface area contributed by atoms with Crippen molar-refractivity contribution in [3.63, 3.8) is 0 Å². The minimum atomic E-state index is -1.11. The molecule has 100 valence electrons. The number of phenols is 2. The van der Waals surface area contributed by atoms with E-state index in [0.717, 1.165) is 0 Å². The summed E-state index contributed by atoms with van der Waals surface area (Å²) in [4.78, 5) is 13.2. The number of rotatable bonds is 4. The minimum Gasteiger partial charge on any atom is -0.504 e. The number of hydrogen-bond donors (Lipinski definition) is 4. The molecule has 0 spiro atoms. The van der Waals surface area contributed by atoms with Crippen molar-refractivity contribution < 1.29 is 20.1 Å². The molecule has 0 radical (unpaired) electrons. The van der Waals surface area contributed by atoms with Crippen LogP contribution in [-0.2, 0) is 4.79 Å². The highest BCUT2D eigenvalue weighted by Gasteiger charge is 2.28. The number of nitrogens with one attached hydrogen (secondary N) is 1. The zero-order valence-corrected chi connectivity index (χ0v) is 10.6. The van der Waals surface area contributed by atoms with Crippen molar-refractivity contribution in [1.29, 1.82) is 0 Å². The van der Waals surface area contributed by atoms with Crippen molar-refractivity contribution in [3.8, 4) is 11.5 Å². The third kappa shape index (κ3) is 2.91. The number of hydrogen-bond acceptors (Lipinski definition) is 5. The SMILES string of the molecule is CN[C@H](C(=O)N(C)C)[C@H](O)c1ccc(O)c(O)c1. The van der Waals surface area contributed by atoms with E-state index in [1.807, 2.05) is 0 Å². The second-order valence-corrected chi connectivity index (χ2v) is 4.19. The van der Waals surface area contributed by atoms with Gasteiger partial charge in [0.25, 0.3) is 0 Å². The average Bonchev–Trinajstić information content (AvgIpc) is 2.33. The second kappa shape index (κ2) is 5.70. The van der Waals surface area contributed by atoms with Crippen LogP contribution in [0.5, 0.6) is 11.5 Å². The molecule has 0 unspecified atom stereocenters. The molecule has 4 N–H and O–H groups in total. The Labute approximate surface area is 105 Å². The van der Waals surface area contributed by atoms with Crippen LogP contribution in [0.25, 0.3) is 0 Å². The van der Waals surface area contributed by atoms with Crippen molar-refractivity contribution in [3.05, 3.63) is 23.8 Å². The summed E-state index contributed by atoms with van der Waals surface area (Å²) in [6.45, 7) is 0. The lowest BCUT2D eigenvalue weighted by Gasteiger charge is -2.25. The van der Waals surface area contributed by atoms with E-state index >= 15 is 0 Å². The van der Waals surface area contributed by atoms with Crippen LogP contribution in [0.3, 0.4) is 0 Å². The smallest absolute Gasteiger partial charge is 0.242 e. The maximum absolute atomic E-state index is 11.8. The van der Waals surface area contributed by atoms with Crippen LogP contribution in [-0.4, -0.2) is 53.3 Å². The van der Waals surface area contributed by atoms with E-state index in [4.69, 9.17) is 0 Å². The Bertz CT molecular complexity index is 434. The van der Waals surface area contributed by atoms with E-state index in [1.54, 1.807) is 21.1 Å². The average molecular weight is 254 g/mol. The lowest BCUT2D eigenvalue weighted by Crippen LogP contribution is -2.45. The first kappa shape index (κ1) is 14.3. The molecule has 0 aromatic heterocycles. The maximum atomic E-state index is 11.8. The van der Waals surface area contributed by atoms with Crippen LogP contribution >= 0.6 is 0 Å². The van der Waals surface area contributed by atoms with E-state index in [1.165, 1.54) is 23.1 Å². The van der Waals surface area contributed by atoms with Gasteiger partial charge in [-0.25, -0.2) is 0 Å². The highest BCUT2D eigenvalue weighted by molar-refractivity contribution is 5.82. The van der Waals surface area contributed by atoms with Crippen molar-refractivity contribution in [2.24, 2.45) is 0 Å². The number of aliphatic hydroxyl groups is 1. The zero-order chi connectivity index (χ0) is 13.9. The van der Waals surface area contributed by atoms with E-state index in [2.05, 4.69) is 5.32 Å². The van der Waals surface area contributed by atoms with Gasteiger partial charge in [0.15, 0.2) is 11.5 Å². The molecule has 0 saturated heterocycles. The first-order valence-electron chi connectivity index (χ1n) is 5.46. The molecule has 0 saturated carbocycles. The predicted molar refractivity (Wildman–Crippen MR) is 66.3 cm³/mol. The van der Waals surface area contributed by atoms with Crippen LogP contribution in [0.4, 0.5) is 0 Å². The van der Waals surface area contributed by atoms with Gasteiger partial charge in [-0.1, -0.05) is 6.07 Å². The van der Waals surface area contributed by atoms with Gasteiger partial charge in [-0.05, 0) is 24.7 Å². The molecule has 1 aromatic carbocycles. The summed E-state index contributed by atoms with van der Waals surface area (Å²) < 4.78 is 0. The number of benzene rings is 1. The molecule has 6 nitrogen and oxygen atoms in total. The van der Waals surface area contributed by atoms with Crippen molar-refractivity contribution >= 4 is 5.91 Å². The molecule has 0 aliphatic rings. The number of carbonyl (C=O) groups excluding carboxylic acids is 1. The molecule has 1 aromatic rings. The van der Waals surface area contributed by atoms with Gasteiger partial charge in [-0.2, -0.15) is 0 Å². The molecular weight excluding hydrogens is 236 g/mol. The van der Waals surface area contributed by atoms with Crippen LogP contribution in [0, 0.1) is 0 Å².